The van der Waals surface area contributed by atoms with Crippen LogP contribution in [0.2, 0.25) is 0 Å². The van der Waals surface area contributed by atoms with Gasteiger partial charge in [0, 0.05) is 46.1 Å². The largest absolute Gasteiger partial charge is 0.373 e. The van der Waals surface area contributed by atoms with E-state index in [2.05, 4.69) is 44.8 Å². The third-order valence-electron chi connectivity index (χ3n) is 3.52. The summed E-state index contributed by atoms with van der Waals surface area (Å²) < 4.78 is 1.85. The molecule has 1 aromatic carbocycles. The summed E-state index contributed by atoms with van der Waals surface area (Å²) in [6, 6.07) is 12.3. The van der Waals surface area contributed by atoms with Gasteiger partial charge in [-0.1, -0.05) is 18.2 Å². The molecule has 126 valence electrons. The van der Waals surface area contributed by atoms with Crippen molar-refractivity contribution < 1.29 is 0 Å². The van der Waals surface area contributed by atoms with Gasteiger partial charge in [0.15, 0.2) is 5.96 Å². The number of nitrogens with zero attached hydrogens (tertiary/aromatic N) is 4. The summed E-state index contributed by atoms with van der Waals surface area (Å²) in [6.07, 6.45) is 1.79. The lowest BCUT2D eigenvalue weighted by Crippen LogP contribution is -2.40. The van der Waals surface area contributed by atoms with Crippen molar-refractivity contribution in [1.82, 2.24) is 20.4 Å². The van der Waals surface area contributed by atoms with Crippen LogP contribution in [0.15, 0.2) is 47.6 Å². The second kappa shape index (κ2) is 10.1. The Morgan fingerprint density at radius 1 is 1.22 bits per heavy atom. The zero-order chi connectivity index (χ0) is 15.8. The number of guanidine groups is 1. The Morgan fingerprint density at radius 2 is 1.96 bits per heavy atom. The van der Waals surface area contributed by atoms with Crippen molar-refractivity contribution >= 4 is 35.6 Å². The van der Waals surface area contributed by atoms with Crippen LogP contribution in [-0.4, -0.2) is 42.9 Å². The van der Waals surface area contributed by atoms with Gasteiger partial charge in [-0.3, -0.25) is 9.67 Å². The number of benzene rings is 1. The number of nitrogens with one attached hydrogen (secondary N) is 2. The summed E-state index contributed by atoms with van der Waals surface area (Å²) in [5.74, 6) is 0.794. The van der Waals surface area contributed by atoms with E-state index in [-0.39, 0.29) is 24.0 Å². The van der Waals surface area contributed by atoms with Gasteiger partial charge in [0.25, 0.3) is 0 Å². The number of halogens is 1. The van der Waals surface area contributed by atoms with E-state index in [4.69, 9.17) is 0 Å². The smallest absolute Gasteiger partial charge is 0.191 e. The van der Waals surface area contributed by atoms with Gasteiger partial charge >= 0.3 is 0 Å². The summed E-state index contributed by atoms with van der Waals surface area (Å²) in [4.78, 5) is 6.44. The van der Waals surface area contributed by atoms with Crippen LogP contribution in [0.4, 0.5) is 5.69 Å². The van der Waals surface area contributed by atoms with Gasteiger partial charge in [-0.25, -0.2) is 0 Å². The number of aryl methyl sites for hydroxylation is 1. The maximum atomic E-state index is 4.23. The molecule has 2 N–H and O–H groups in total. The van der Waals surface area contributed by atoms with Crippen LogP contribution in [0.1, 0.15) is 5.69 Å². The Bertz CT molecular complexity index is 596. The molecule has 0 aliphatic heterocycles. The number of hydrogen-bond acceptors (Lipinski definition) is 3. The molecule has 0 bridgehead atoms. The third kappa shape index (κ3) is 6.09. The number of hydrogen-bond donors (Lipinski definition) is 2. The molecular weight excluding hydrogens is 403 g/mol. The Morgan fingerprint density at radius 3 is 2.57 bits per heavy atom. The quantitative estimate of drug-likeness (QED) is 0.419. The first kappa shape index (κ1) is 19.3. The lowest BCUT2D eigenvalue weighted by Gasteiger charge is -2.20. The average Bonchev–Trinajstić information content (AvgIpc) is 2.96. The van der Waals surface area contributed by atoms with Gasteiger partial charge in [0.05, 0.1) is 12.2 Å². The van der Waals surface area contributed by atoms with Crippen LogP contribution < -0.4 is 15.5 Å². The molecule has 0 aliphatic carbocycles. The average molecular weight is 428 g/mol. The predicted octanol–water partition coefficient (Wildman–Crippen LogP) is 1.84. The number of anilines is 1. The van der Waals surface area contributed by atoms with Crippen molar-refractivity contribution in [2.24, 2.45) is 12.0 Å². The van der Waals surface area contributed by atoms with Crippen molar-refractivity contribution in [3.63, 3.8) is 0 Å². The maximum absolute atomic E-state index is 4.23. The van der Waals surface area contributed by atoms with Crippen molar-refractivity contribution in [2.75, 3.05) is 32.1 Å². The number of rotatable bonds is 6. The highest BCUT2D eigenvalue weighted by Gasteiger charge is 2.03. The second-order valence-corrected chi connectivity index (χ2v) is 5.06. The highest BCUT2D eigenvalue weighted by molar-refractivity contribution is 14.0. The minimum Gasteiger partial charge on any atom is -0.373 e. The van der Waals surface area contributed by atoms with E-state index < -0.39 is 0 Å². The summed E-state index contributed by atoms with van der Waals surface area (Å²) in [5.41, 5.74) is 2.33. The fraction of sp³-hybridized carbons (Fsp3) is 0.375. The van der Waals surface area contributed by atoms with Gasteiger partial charge in [0.2, 0.25) is 0 Å². The molecule has 0 saturated carbocycles. The topological polar surface area (TPSA) is 57.5 Å². The van der Waals surface area contributed by atoms with Crippen LogP contribution >= 0.6 is 24.0 Å². The van der Waals surface area contributed by atoms with Gasteiger partial charge in [0.1, 0.15) is 0 Å². The lowest BCUT2D eigenvalue weighted by atomic mass is 10.3. The molecule has 0 saturated heterocycles. The predicted molar refractivity (Wildman–Crippen MR) is 107 cm³/mol. The van der Waals surface area contributed by atoms with Crippen molar-refractivity contribution in [3.8, 4) is 0 Å². The molecule has 0 spiro atoms. The molecule has 0 unspecified atom stereocenters. The molecule has 1 heterocycles. The molecule has 0 amide bonds. The fourth-order valence-electron chi connectivity index (χ4n) is 2.12. The van der Waals surface area contributed by atoms with Crippen molar-refractivity contribution in [1.29, 1.82) is 0 Å². The first-order chi connectivity index (χ1) is 10.7. The third-order valence-corrected chi connectivity index (χ3v) is 3.52. The minimum atomic E-state index is 0. The van der Waals surface area contributed by atoms with Crippen LogP contribution in [0.5, 0.6) is 0 Å². The molecule has 0 aliphatic rings. The Labute approximate surface area is 155 Å². The van der Waals surface area contributed by atoms with Gasteiger partial charge in [-0.15, -0.1) is 24.0 Å². The maximum Gasteiger partial charge on any atom is 0.191 e. The number of likely N-dealkylation sites (N-methyl/N-ethyl adjacent to an activating group) is 1. The SMILES string of the molecule is CN=C(NCCN(C)c1ccccc1)NCc1ccnn1C.I. The summed E-state index contributed by atoms with van der Waals surface area (Å²) >= 11 is 0. The molecule has 0 atom stereocenters. The highest BCUT2D eigenvalue weighted by Crippen LogP contribution is 2.09. The molecule has 2 rings (SSSR count). The molecule has 0 fully saturated rings. The van der Waals surface area contributed by atoms with Gasteiger partial charge in [-0.2, -0.15) is 5.10 Å². The second-order valence-electron chi connectivity index (χ2n) is 5.06. The molecule has 7 heteroatoms. The number of para-hydroxylation sites is 1. The Kier molecular flexibility index (Phi) is 8.46. The molecule has 1 aromatic heterocycles. The molecule has 0 radical (unpaired) electrons. The van der Waals surface area contributed by atoms with Crippen LogP contribution in [0.25, 0.3) is 0 Å². The van der Waals surface area contributed by atoms with E-state index in [1.807, 2.05) is 36.0 Å². The molecular formula is C16H25IN6. The van der Waals surface area contributed by atoms with E-state index in [0.717, 1.165) is 24.7 Å². The van der Waals surface area contributed by atoms with Crippen molar-refractivity contribution in [3.05, 3.63) is 48.3 Å². The van der Waals surface area contributed by atoms with E-state index >= 15 is 0 Å². The molecule has 23 heavy (non-hydrogen) atoms. The molecule has 6 nitrogen and oxygen atoms in total. The zero-order valence-electron chi connectivity index (χ0n) is 13.9. The van der Waals surface area contributed by atoms with Gasteiger partial charge < -0.3 is 15.5 Å². The van der Waals surface area contributed by atoms with Crippen LogP contribution in [0.3, 0.4) is 0 Å². The molecule has 2 aromatic rings. The summed E-state index contributed by atoms with van der Waals surface area (Å²) in [6.45, 7) is 2.41. The first-order valence-corrected chi connectivity index (χ1v) is 7.38. The zero-order valence-corrected chi connectivity index (χ0v) is 16.2. The van der Waals surface area contributed by atoms with Crippen LogP contribution in [-0.2, 0) is 13.6 Å². The minimum absolute atomic E-state index is 0. The number of aliphatic imine (C=N–C) groups is 1. The Balaban J connectivity index is 0.00000264. The fourth-order valence-corrected chi connectivity index (χ4v) is 2.12. The van der Waals surface area contributed by atoms with E-state index in [1.54, 1.807) is 13.2 Å². The number of aromatic nitrogens is 2. The van der Waals surface area contributed by atoms with Gasteiger partial charge in [-0.05, 0) is 18.2 Å². The summed E-state index contributed by atoms with van der Waals surface area (Å²) in [5, 5.41) is 10.8. The van der Waals surface area contributed by atoms with E-state index in [9.17, 15) is 0 Å². The van der Waals surface area contributed by atoms with Crippen molar-refractivity contribution in [2.45, 2.75) is 6.54 Å². The van der Waals surface area contributed by atoms with E-state index in [1.165, 1.54) is 5.69 Å². The van der Waals surface area contributed by atoms with Crippen LogP contribution in [0, 0.1) is 0 Å². The lowest BCUT2D eigenvalue weighted by molar-refractivity contribution is 0.683. The summed E-state index contributed by atoms with van der Waals surface area (Å²) in [7, 11) is 5.80. The highest BCUT2D eigenvalue weighted by atomic mass is 127. The Hall–Kier alpha value is -1.77. The first-order valence-electron chi connectivity index (χ1n) is 7.38. The standard InChI is InChI=1S/C16H24N6.HI/c1-17-16(19-13-15-9-10-20-22(15)3)18-11-12-21(2)14-7-5-4-6-8-14;/h4-10H,11-13H2,1-3H3,(H2,17,18,19);1H. The monoisotopic (exact) mass is 428 g/mol. The van der Waals surface area contributed by atoms with E-state index in [0.29, 0.717) is 6.54 Å². The normalized spacial score (nSPS) is 10.8.